The third kappa shape index (κ3) is 5.37. The van der Waals surface area contributed by atoms with Gasteiger partial charge in [0.05, 0.1) is 11.7 Å². The van der Waals surface area contributed by atoms with Gasteiger partial charge in [0.15, 0.2) is 8.32 Å². The summed E-state index contributed by atoms with van der Waals surface area (Å²) in [6.45, 7) is 20.9. The summed E-state index contributed by atoms with van der Waals surface area (Å²) in [5.74, 6) is 1.28. The van der Waals surface area contributed by atoms with Crippen molar-refractivity contribution < 1.29 is 14.3 Å². The lowest BCUT2D eigenvalue weighted by Crippen LogP contribution is -2.50. The van der Waals surface area contributed by atoms with Gasteiger partial charge in [-0.15, -0.1) is 0 Å². The number of rotatable bonds is 7. The van der Waals surface area contributed by atoms with Gasteiger partial charge in [-0.05, 0) is 88.3 Å². The molecule has 2 saturated carbocycles. The molecular weight excluding hydrogens is 352 g/mol. The predicted octanol–water partition coefficient (Wildman–Crippen LogP) is 6.16. The molecule has 3 nitrogen and oxygen atoms in total. The first-order valence-corrected chi connectivity index (χ1v) is 14.1. The second-order valence-electron chi connectivity index (χ2n) is 11.7. The minimum Gasteiger partial charge on any atom is -0.414 e. The molecule has 0 amide bonds. The van der Waals surface area contributed by atoms with Crippen LogP contribution in [0.3, 0.4) is 0 Å². The van der Waals surface area contributed by atoms with E-state index in [0.717, 1.165) is 0 Å². The number of fused-ring (bicyclic) bond motifs is 1. The van der Waals surface area contributed by atoms with Gasteiger partial charge in [0, 0.05) is 12.7 Å². The SMILES string of the molecule is C[C@H](OCCC(C)(C)O)[C@H]1CC[C@H]2[C@@H](O[Si](C)(C)C(C)(C)C)CCC[C@]12C. The third-order valence-corrected chi connectivity index (χ3v) is 12.6. The van der Waals surface area contributed by atoms with Crippen LogP contribution < -0.4 is 0 Å². The van der Waals surface area contributed by atoms with Crippen LogP contribution in [0, 0.1) is 17.3 Å². The molecule has 0 aromatic heterocycles. The molecule has 0 radical (unpaired) electrons. The zero-order valence-electron chi connectivity index (χ0n) is 19.5. The average molecular weight is 399 g/mol. The van der Waals surface area contributed by atoms with Gasteiger partial charge in [-0.1, -0.05) is 34.1 Å². The lowest BCUT2D eigenvalue weighted by atomic mass is 9.63. The molecule has 160 valence electrons. The Balaban J connectivity index is 2.04. The van der Waals surface area contributed by atoms with Crippen molar-refractivity contribution in [1.82, 2.24) is 0 Å². The van der Waals surface area contributed by atoms with E-state index < -0.39 is 13.9 Å². The first kappa shape index (κ1) is 23.4. The van der Waals surface area contributed by atoms with E-state index in [4.69, 9.17) is 9.16 Å². The molecular formula is C23H46O3Si. The van der Waals surface area contributed by atoms with Crippen LogP contribution in [0.2, 0.25) is 18.1 Å². The zero-order valence-corrected chi connectivity index (χ0v) is 20.5. The molecule has 0 unspecified atom stereocenters. The lowest BCUT2D eigenvalue weighted by molar-refractivity contribution is -0.0699. The van der Waals surface area contributed by atoms with Crippen molar-refractivity contribution in [1.29, 1.82) is 0 Å². The molecule has 2 aliphatic carbocycles. The predicted molar refractivity (Wildman–Crippen MR) is 117 cm³/mol. The molecule has 4 heteroatoms. The van der Waals surface area contributed by atoms with Crippen molar-refractivity contribution in [3.63, 3.8) is 0 Å². The fourth-order valence-corrected chi connectivity index (χ4v) is 6.63. The summed E-state index contributed by atoms with van der Waals surface area (Å²) in [6.07, 6.45) is 7.72. The van der Waals surface area contributed by atoms with Crippen molar-refractivity contribution in [2.24, 2.45) is 17.3 Å². The van der Waals surface area contributed by atoms with E-state index in [1.807, 2.05) is 13.8 Å². The van der Waals surface area contributed by atoms with Gasteiger partial charge in [0.25, 0.3) is 0 Å². The fourth-order valence-electron chi connectivity index (χ4n) is 5.24. The molecule has 0 heterocycles. The summed E-state index contributed by atoms with van der Waals surface area (Å²) in [7, 11) is -1.74. The van der Waals surface area contributed by atoms with Crippen LogP contribution in [0.25, 0.3) is 0 Å². The normalized spacial score (nSPS) is 33.8. The monoisotopic (exact) mass is 398 g/mol. The molecule has 1 N–H and O–H groups in total. The van der Waals surface area contributed by atoms with E-state index in [9.17, 15) is 5.11 Å². The second kappa shape index (κ2) is 8.08. The molecule has 27 heavy (non-hydrogen) atoms. The van der Waals surface area contributed by atoms with Crippen LogP contribution in [0.1, 0.15) is 87.0 Å². The van der Waals surface area contributed by atoms with Crippen LogP contribution >= 0.6 is 0 Å². The van der Waals surface area contributed by atoms with Crippen molar-refractivity contribution in [2.45, 2.75) is 123 Å². The highest BCUT2D eigenvalue weighted by molar-refractivity contribution is 6.74. The highest BCUT2D eigenvalue weighted by Crippen LogP contribution is 2.58. The van der Waals surface area contributed by atoms with E-state index in [-0.39, 0.29) is 11.1 Å². The van der Waals surface area contributed by atoms with Crippen molar-refractivity contribution in [2.75, 3.05) is 6.61 Å². The van der Waals surface area contributed by atoms with E-state index in [1.165, 1.54) is 32.1 Å². The van der Waals surface area contributed by atoms with Gasteiger partial charge in [0.2, 0.25) is 0 Å². The Morgan fingerprint density at radius 3 is 2.30 bits per heavy atom. The van der Waals surface area contributed by atoms with Crippen LogP contribution in [0.15, 0.2) is 0 Å². The standard InChI is InChI=1S/C23H46O3Si/c1-17(25-16-15-22(5,6)24)18-12-13-19-20(11-10-14-23(18,19)7)26-27(8,9)21(2,3)4/h17-20,24H,10-16H2,1-9H3/t17-,18+,19-,20-,23+/m0/s1. The quantitative estimate of drug-likeness (QED) is 0.522. The van der Waals surface area contributed by atoms with Crippen LogP contribution in [0.4, 0.5) is 0 Å². The highest BCUT2D eigenvalue weighted by Gasteiger charge is 2.54. The van der Waals surface area contributed by atoms with Crippen molar-refractivity contribution >= 4 is 8.32 Å². The van der Waals surface area contributed by atoms with Crippen molar-refractivity contribution in [3.8, 4) is 0 Å². The van der Waals surface area contributed by atoms with Gasteiger partial charge in [-0.25, -0.2) is 0 Å². The Labute approximate surface area is 169 Å². The van der Waals surface area contributed by atoms with Gasteiger partial charge in [-0.2, -0.15) is 0 Å². The Morgan fingerprint density at radius 1 is 1.11 bits per heavy atom. The summed E-state index contributed by atoms with van der Waals surface area (Å²) in [5, 5.41) is 10.2. The molecule has 0 aromatic rings. The first-order valence-electron chi connectivity index (χ1n) is 11.2. The summed E-state index contributed by atoms with van der Waals surface area (Å²) >= 11 is 0. The maximum Gasteiger partial charge on any atom is 0.192 e. The Morgan fingerprint density at radius 2 is 1.74 bits per heavy atom. The van der Waals surface area contributed by atoms with Crippen LogP contribution in [-0.2, 0) is 9.16 Å². The van der Waals surface area contributed by atoms with E-state index >= 15 is 0 Å². The van der Waals surface area contributed by atoms with Crippen LogP contribution in [-0.4, -0.2) is 37.8 Å². The maximum atomic E-state index is 9.95. The summed E-state index contributed by atoms with van der Waals surface area (Å²) in [6, 6.07) is 0. The first-order chi connectivity index (χ1) is 12.2. The summed E-state index contributed by atoms with van der Waals surface area (Å²) in [5.41, 5.74) is -0.311. The van der Waals surface area contributed by atoms with Gasteiger partial charge in [-0.3, -0.25) is 0 Å². The Hall–Kier alpha value is 0.0969. The van der Waals surface area contributed by atoms with Gasteiger partial charge >= 0.3 is 0 Å². The molecule has 5 atom stereocenters. The summed E-state index contributed by atoms with van der Waals surface area (Å²) < 4.78 is 13.2. The Kier molecular flexibility index (Phi) is 7.00. The average Bonchev–Trinajstić information content (AvgIpc) is 2.82. The molecule has 0 saturated heterocycles. The number of ether oxygens (including phenoxy) is 1. The molecule has 0 aromatic carbocycles. The van der Waals surface area contributed by atoms with Crippen molar-refractivity contribution in [3.05, 3.63) is 0 Å². The van der Waals surface area contributed by atoms with E-state index in [0.29, 0.717) is 36.4 Å². The van der Waals surface area contributed by atoms with Crippen LogP contribution in [0.5, 0.6) is 0 Å². The minimum absolute atomic E-state index is 0.258. The topological polar surface area (TPSA) is 38.7 Å². The maximum absolute atomic E-state index is 9.95. The fraction of sp³-hybridized carbons (Fsp3) is 1.00. The van der Waals surface area contributed by atoms with E-state index in [1.54, 1.807) is 0 Å². The molecule has 2 rings (SSSR count). The Bertz CT molecular complexity index is 491. The molecule has 0 aliphatic heterocycles. The van der Waals surface area contributed by atoms with E-state index in [2.05, 4.69) is 47.7 Å². The summed E-state index contributed by atoms with van der Waals surface area (Å²) in [4.78, 5) is 0. The van der Waals surface area contributed by atoms with Gasteiger partial charge < -0.3 is 14.3 Å². The smallest absolute Gasteiger partial charge is 0.192 e. The number of aliphatic hydroxyl groups is 1. The lowest BCUT2D eigenvalue weighted by Gasteiger charge is -2.49. The highest BCUT2D eigenvalue weighted by atomic mass is 28.4. The molecule has 0 spiro atoms. The van der Waals surface area contributed by atoms with Gasteiger partial charge in [0.1, 0.15) is 0 Å². The minimum atomic E-state index is -1.74. The molecule has 0 bridgehead atoms. The number of hydrogen-bond donors (Lipinski definition) is 1. The largest absolute Gasteiger partial charge is 0.414 e. The zero-order chi connectivity index (χ0) is 20.7. The molecule has 2 fully saturated rings. The molecule has 2 aliphatic rings. The number of hydrogen-bond acceptors (Lipinski definition) is 3. The second-order valence-corrected chi connectivity index (χ2v) is 16.5. The third-order valence-electron chi connectivity index (χ3n) is 8.05.